The van der Waals surface area contributed by atoms with Crippen molar-refractivity contribution >= 4 is 10.0 Å². The second kappa shape index (κ2) is 6.08. The fraction of sp³-hybridized carbons (Fsp3) is 0.0667. The van der Waals surface area contributed by atoms with Crippen LogP contribution in [0.4, 0.5) is 0 Å². The average Bonchev–Trinajstić information content (AvgIpc) is 3.09. The van der Waals surface area contributed by atoms with Crippen LogP contribution in [-0.2, 0) is 16.6 Å². The van der Waals surface area contributed by atoms with E-state index in [-0.39, 0.29) is 11.6 Å². The molecule has 0 amide bonds. The highest BCUT2D eigenvalue weighted by atomic mass is 32.2. The van der Waals surface area contributed by atoms with Crippen LogP contribution in [0.3, 0.4) is 0 Å². The summed E-state index contributed by atoms with van der Waals surface area (Å²) in [5.74, 6) is 0. The van der Waals surface area contributed by atoms with Crippen LogP contribution in [0.5, 0.6) is 0 Å². The number of hydrogen-bond donors (Lipinski definition) is 1. The van der Waals surface area contributed by atoms with Crippen molar-refractivity contribution in [1.29, 1.82) is 0 Å². The predicted octanol–water partition coefficient (Wildman–Crippen LogP) is 1.75. The third-order valence-corrected chi connectivity index (χ3v) is 4.40. The number of nitrogens with zero attached hydrogens (tertiary/aromatic N) is 3. The van der Waals surface area contributed by atoms with E-state index in [0.29, 0.717) is 0 Å². The zero-order chi connectivity index (χ0) is 15.4. The number of sulfonamides is 1. The molecule has 0 saturated carbocycles. The van der Waals surface area contributed by atoms with Gasteiger partial charge >= 0.3 is 0 Å². The first kappa shape index (κ1) is 14.4. The normalized spacial score (nSPS) is 11.5. The minimum Gasteiger partial charge on any atom is -0.243 e. The van der Waals surface area contributed by atoms with Crippen molar-refractivity contribution in [2.75, 3.05) is 0 Å². The highest BCUT2D eigenvalue weighted by Crippen LogP contribution is 2.10. The first-order chi connectivity index (χ1) is 10.6. The van der Waals surface area contributed by atoms with Gasteiger partial charge in [0, 0.05) is 25.1 Å². The molecule has 22 heavy (non-hydrogen) atoms. The van der Waals surface area contributed by atoms with Crippen LogP contribution < -0.4 is 4.72 Å². The van der Waals surface area contributed by atoms with E-state index in [2.05, 4.69) is 14.8 Å². The Kier molecular flexibility index (Phi) is 3.99. The van der Waals surface area contributed by atoms with Crippen molar-refractivity contribution in [3.63, 3.8) is 0 Å². The van der Waals surface area contributed by atoms with Gasteiger partial charge in [0.25, 0.3) is 10.0 Å². The lowest BCUT2D eigenvalue weighted by atomic mass is 10.2. The Morgan fingerprint density at radius 1 is 1.00 bits per heavy atom. The average molecular weight is 314 g/mol. The van der Waals surface area contributed by atoms with Crippen LogP contribution in [0.15, 0.2) is 72.1 Å². The second-order valence-corrected chi connectivity index (χ2v) is 6.32. The van der Waals surface area contributed by atoms with Gasteiger partial charge < -0.3 is 0 Å². The predicted molar refractivity (Wildman–Crippen MR) is 81.8 cm³/mol. The maximum absolute atomic E-state index is 12.1. The lowest BCUT2D eigenvalue weighted by Crippen LogP contribution is -2.24. The first-order valence-electron chi connectivity index (χ1n) is 6.65. The zero-order valence-corrected chi connectivity index (χ0v) is 12.4. The molecule has 0 atom stereocenters. The quantitative estimate of drug-likeness (QED) is 0.778. The van der Waals surface area contributed by atoms with E-state index < -0.39 is 10.0 Å². The SMILES string of the molecule is O=S(=O)(NCc1ccc(-n2cccn2)cc1)c1ccccn1. The van der Waals surface area contributed by atoms with E-state index in [1.807, 2.05) is 36.5 Å². The Hall–Kier alpha value is -2.51. The van der Waals surface area contributed by atoms with Gasteiger partial charge in [-0.25, -0.2) is 22.8 Å². The van der Waals surface area contributed by atoms with Crippen LogP contribution >= 0.6 is 0 Å². The molecule has 0 bridgehead atoms. The molecule has 0 saturated heterocycles. The van der Waals surface area contributed by atoms with Gasteiger partial charge in [-0.05, 0) is 35.9 Å². The monoisotopic (exact) mass is 314 g/mol. The molecule has 2 heterocycles. The number of aromatic nitrogens is 3. The third kappa shape index (κ3) is 3.21. The number of benzene rings is 1. The summed E-state index contributed by atoms with van der Waals surface area (Å²) in [6, 6.07) is 14.1. The Balaban J connectivity index is 1.69. The van der Waals surface area contributed by atoms with Crippen LogP contribution in [0.1, 0.15) is 5.56 Å². The van der Waals surface area contributed by atoms with Crippen molar-refractivity contribution in [2.45, 2.75) is 11.6 Å². The van der Waals surface area contributed by atoms with E-state index >= 15 is 0 Å². The molecule has 0 aliphatic carbocycles. The fourth-order valence-electron chi connectivity index (χ4n) is 1.95. The Morgan fingerprint density at radius 3 is 2.45 bits per heavy atom. The molecular weight excluding hydrogens is 300 g/mol. The number of nitrogens with one attached hydrogen (secondary N) is 1. The van der Waals surface area contributed by atoms with E-state index in [9.17, 15) is 8.42 Å². The molecule has 0 aliphatic heterocycles. The molecule has 0 aliphatic rings. The van der Waals surface area contributed by atoms with Crippen LogP contribution in [-0.4, -0.2) is 23.2 Å². The van der Waals surface area contributed by atoms with Gasteiger partial charge in [0.15, 0.2) is 5.03 Å². The van der Waals surface area contributed by atoms with E-state index in [4.69, 9.17) is 0 Å². The van der Waals surface area contributed by atoms with Gasteiger partial charge in [-0.2, -0.15) is 5.10 Å². The first-order valence-corrected chi connectivity index (χ1v) is 8.13. The largest absolute Gasteiger partial charge is 0.258 e. The topological polar surface area (TPSA) is 76.9 Å². The van der Waals surface area contributed by atoms with Crippen LogP contribution in [0.2, 0.25) is 0 Å². The highest BCUT2D eigenvalue weighted by molar-refractivity contribution is 7.89. The molecule has 3 rings (SSSR count). The summed E-state index contributed by atoms with van der Waals surface area (Å²) in [6.45, 7) is 0.207. The Labute approximate surface area is 128 Å². The Bertz CT molecular complexity index is 829. The van der Waals surface area contributed by atoms with Crippen molar-refractivity contribution < 1.29 is 8.42 Å². The molecule has 6 nitrogen and oxygen atoms in total. The fourth-order valence-corrected chi connectivity index (χ4v) is 2.91. The smallest absolute Gasteiger partial charge is 0.243 e. The van der Waals surface area contributed by atoms with Crippen molar-refractivity contribution in [3.05, 3.63) is 72.7 Å². The summed E-state index contributed by atoms with van der Waals surface area (Å²) in [5.41, 5.74) is 1.77. The van der Waals surface area contributed by atoms with Crippen molar-refractivity contribution in [3.8, 4) is 5.69 Å². The molecule has 2 aromatic heterocycles. The van der Waals surface area contributed by atoms with Crippen molar-refractivity contribution in [1.82, 2.24) is 19.5 Å². The summed E-state index contributed by atoms with van der Waals surface area (Å²) in [7, 11) is -3.59. The van der Waals surface area contributed by atoms with E-state index in [1.165, 1.54) is 12.3 Å². The standard InChI is InChI=1S/C15H14N4O2S/c20-22(21,15-4-1-2-9-16-15)18-12-13-5-7-14(8-6-13)19-11-3-10-17-19/h1-11,18H,12H2. The van der Waals surface area contributed by atoms with Crippen molar-refractivity contribution in [2.24, 2.45) is 0 Å². The second-order valence-electron chi connectivity index (χ2n) is 4.61. The molecule has 1 N–H and O–H groups in total. The highest BCUT2D eigenvalue weighted by Gasteiger charge is 2.14. The summed E-state index contributed by atoms with van der Waals surface area (Å²) in [6.07, 6.45) is 5.00. The molecule has 0 spiro atoms. The molecule has 0 fully saturated rings. The van der Waals surface area contributed by atoms with Gasteiger partial charge in [-0.15, -0.1) is 0 Å². The maximum atomic E-state index is 12.1. The molecule has 3 aromatic rings. The Morgan fingerprint density at radius 2 is 1.82 bits per heavy atom. The minimum absolute atomic E-state index is 0.0168. The summed E-state index contributed by atoms with van der Waals surface area (Å²) in [5, 5.41) is 4.15. The van der Waals surface area contributed by atoms with Gasteiger partial charge in [-0.1, -0.05) is 18.2 Å². The number of hydrogen-bond acceptors (Lipinski definition) is 4. The molecular formula is C15H14N4O2S. The number of pyridine rings is 1. The molecule has 1 aromatic carbocycles. The molecule has 0 radical (unpaired) electrons. The third-order valence-electron chi connectivity index (χ3n) is 3.08. The zero-order valence-electron chi connectivity index (χ0n) is 11.6. The lowest BCUT2D eigenvalue weighted by Gasteiger charge is -2.07. The van der Waals surface area contributed by atoms with E-state index in [1.54, 1.807) is 23.0 Å². The van der Waals surface area contributed by atoms with Crippen LogP contribution in [0, 0.1) is 0 Å². The lowest BCUT2D eigenvalue weighted by molar-refractivity contribution is 0.577. The van der Waals surface area contributed by atoms with Gasteiger partial charge in [0.05, 0.1) is 5.69 Å². The molecule has 0 unspecified atom stereocenters. The maximum Gasteiger partial charge on any atom is 0.258 e. The van der Waals surface area contributed by atoms with Gasteiger partial charge in [-0.3, -0.25) is 0 Å². The van der Waals surface area contributed by atoms with Crippen LogP contribution in [0.25, 0.3) is 5.69 Å². The van der Waals surface area contributed by atoms with E-state index in [0.717, 1.165) is 11.3 Å². The summed E-state index contributed by atoms with van der Waals surface area (Å²) >= 11 is 0. The summed E-state index contributed by atoms with van der Waals surface area (Å²) in [4.78, 5) is 3.85. The molecule has 112 valence electrons. The minimum atomic E-state index is -3.59. The summed E-state index contributed by atoms with van der Waals surface area (Å²) < 4.78 is 28.4. The van der Waals surface area contributed by atoms with Gasteiger partial charge in [0.1, 0.15) is 0 Å². The molecule has 7 heteroatoms. The number of rotatable bonds is 5. The van der Waals surface area contributed by atoms with Gasteiger partial charge in [0.2, 0.25) is 0 Å².